The summed E-state index contributed by atoms with van der Waals surface area (Å²) in [6.07, 6.45) is 3.94. The Kier molecular flexibility index (Phi) is 3.50. The van der Waals surface area contributed by atoms with Gasteiger partial charge in [0, 0.05) is 19.8 Å². The number of aromatic nitrogens is 4. The molecule has 2 aromatic heterocycles. The summed E-state index contributed by atoms with van der Waals surface area (Å²) in [5, 5.41) is 22.4. The molecule has 2 aromatic rings. The smallest absolute Gasteiger partial charge is 0.332 e. The number of aryl methyl sites for hydroxylation is 3. The molecule has 0 aliphatic heterocycles. The lowest BCUT2D eigenvalue weighted by molar-refractivity contribution is -0.384. The molecule has 0 fully saturated rings. The molecular formula is C11H16N6O2. The number of anilines is 2. The first-order valence-electron chi connectivity index (χ1n) is 6.06. The highest BCUT2D eigenvalue weighted by Crippen LogP contribution is 2.30. The van der Waals surface area contributed by atoms with Crippen LogP contribution in [0.1, 0.15) is 19.5 Å². The van der Waals surface area contributed by atoms with E-state index in [1.165, 1.54) is 4.68 Å². The maximum Gasteiger partial charge on any atom is 0.334 e. The quantitative estimate of drug-likeness (QED) is 0.657. The summed E-state index contributed by atoms with van der Waals surface area (Å²) in [5.41, 5.74) is 1.20. The Morgan fingerprint density at radius 2 is 2.21 bits per heavy atom. The van der Waals surface area contributed by atoms with Crippen molar-refractivity contribution >= 4 is 17.2 Å². The molecule has 8 heteroatoms. The average molecular weight is 264 g/mol. The second-order valence-electron chi connectivity index (χ2n) is 4.09. The second kappa shape index (κ2) is 5.09. The van der Waals surface area contributed by atoms with E-state index < -0.39 is 4.92 Å². The fraction of sp³-hybridized carbons (Fsp3) is 0.455. The minimum atomic E-state index is -0.404. The first-order valence-corrected chi connectivity index (χ1v) is 6.06. The van der Waals surface area contributed by atoms with E-state index in [0.29, 0.717) is 23.6 Å². The SMILES string of the molecule is CCc1nn(C)c(Nc2cnn(CC)c2)c1[N+](=O)[O-]. The van der Waals surface area contributed by atoms with Gasteiger partial charge in [-0.3, -0.25) is 14.8 Å². The minimum absolute atomic E-state index is 0.0225. The van der Waals surface area contributed by atoms with Crippen LogP contribution in [0.2, 0.25) is 0 Å². The molecule has 0 bridgehead atoms. The third kappa shape index (κ3) is 2.42. The van der Waals surface area contributed by atoms with Gasteiger partial charge in [0.15, 0.2) is 0 Å². The van der Waals surface area contributed by atoms with Gasteiger partial charge in [-0.05, 0) is 13.3 Å². The van der Waals surface area contributed by atoms with Crippen LogP contribution >= 0.6 is 0 Å². The summed E-state index contributed by atoms with van der Waals surface area (Å²) >= 11 is 0. The molecule has 1 N–H and O–H groups in total. The summed E-state index contributed by atoms with van der Waals surface area (Å²) in [7, 11) is 1.68. The number of nitrogens with zero attached hydrogens (tertiary/aromatic N) is 5. The number of hydrogen-bond acceptors (Lipinski definition) is 5. The lowest BCUT2D eigenvalue weighted by Crippen LogP contribution is -2.01. The van der Waals surface area contributed by atoms with Crippen LogP contribution in [0.4, 0.5) is 17.2 Å². The van der Waals surface area contributed by atoms with Gasteiger partial charge in [-0.25, -0.2) is 4.68 Å². The number of nitrogens with one attached hydrogen (secondary N) is 1. The van der Waals surface area contributed by atoms with Crippen LogP contribution in [0.15, 0.2) is 12.4 Å². The summed E-state index contributed by atoms with van der Waals surface area (Å²) in [6, 6.07) is 0. The molecule has 0 aliphatic rings. The highest BCUT2D eigenvalue weighted by Gasteiger charge is 2.25. The summed E-state index contributed by atoms with van der Waals surface area (Å²) in [4.78, 5) is 10.8. The highest BCUT2D eigenvalue weighted by molar-refractivity contribution is 5.67. The van der Waals surface area contributed by atoms with E-state index in [1.807, 2.05) is 13.8 Å². The zero-order valence-corrected chi connectivity index (χ0v) is 11.1. The molecule has 0 aliphatic carbocycles. The Labute approximate surface area is 110 Å². The Morgan fingerprint density at radius 3 is 2.74 bits per heavy atom. The van der Waals surface area contributed by atoms with Crippen LogP contribution in [0.25, 0.3) is 0 Å². The molecule has 2 heterocycles. The number of rotatable bonds is 5. The Balaban J connectivity index is 2.38. The van der Waals surface area contributed by atoms with Gasteiger partial charge >= 0.3 is 5.69 Å². The monoisotopic (exact) mass is 264 g/mol. The Hall–Kier alpha value is -2.38. The van der Waals surface area contributed by atoms with Crippen molar-refractivity contribution in [3.05, 3.63) is 28.2 Å². The third-order valence-corrected chi connectivity index (χ3v) is 2.83. The van der Waals surface area contributed by atoms with Gasteiger partial charge < -0.3 is 5.32 Å². The molecule has 0 radical (unpaired) electrons. The number of nitro groups is 1. The molecule has 8 nitrogen and oxygen atoms in total. The van der Waals surface area contributed by atoms with Crippen molar-refractivity contribution in [3.63, 3.8) is 0 Å². The van der Waals surface area contributed by atoms with Crippen LogP contribution in [-0.2, 0) is 20.0 Å². The first-order chi connectivity index (χ1) is 9.06. The van der Waals surface area contributed by atoms with Crippen LogP contribution in [-0.4, -0.2) is 24.5 Å². The fourth-order valence-electron chi connectivity index (χ4n) is 1.88. The van der Waals surface area contributed by atoms with Crippen molar-refractivity contribution in [1.29, 1.82) is 0 Å². The van der Waals surface area contributed by atoms with Crippen molar-refractivity contribution in [1.82, 2.24) is 19.6 Å². The predicted molar refractivity (Wildman–Crippen MR) is 70.4 cm³/mol. The Bertz CT molecular complexity index is 600. The second-order valence-corrected chi connectivity index (χ2v) is 4.09. The molecule has 0 aromatic carbocycles. The largest absolute Gasteiger partial charge is 0.334 e. The highest BCUT2D eigenvalue weighted by atomic mass is 16.6. The van der Waals surface area contributed by atoms with Crippen LogP contribution < -0.4 is 5.32 Å². The topological polar surface area (TPSA) is 90.8 Å². The van der Waals surface area contributed by atoms with E-state index in [2.05, 4.69) is 15.5 Å². The molecule has 0 amide bonds. The summed E-state index contributed by atoms with van der Waals surface area (Å²) < 4.78 is 3.23. The van der Waals surface area contributed by atoms with E-state index in [1.54, 1.807) is 24.1 Å². The molecule has 0 spiro atoms. The zero-order chi connectivity index (χ0) is 14.0. The van der Waals surface area contributed by atoms with Gasteiger partial charge in [0.2, 0.25) is 5.82 Å². The molecule has 0 saturated carbocycles. The molecule has 0 atom stereocenters. The minimum Gasteiger partial charge on any atom is -0.332 e. The molecule has 102 valence electrons. The van der Waals surface area contributed by atoms with Gasteiger partial charge in [0.05, 0.1) is 16.8 Å². The molecule has 19 heavy (non-hydrogen) atoms. The zero-order valence-electron chi connectivity index (χ0n) is 11.1. The van der Waals surface area contributed by atoms with E-state index in [4.69, 9.17) is 0 Å². The van der Waals surface area contributed by atoms with E-state index in [0.717, 1.165) is 6.54 Å². The molecule has 0 saturated heterocycles. The fourth-order valence-corrected chi connectivity index (χ4v) is 1.88. The van der Waals surface area contributed by atoms with Crippen molar-refractivity contribution in [3.8, 4) is 0 Å². The van der Waals surface area contributed by atoms with Gasteiger partial charge in [0.1, 0.15) is 5.69 Å². The lowest BCUT2D eigenvalue weighted by atomic mass is 10.3. The maximum absolute atomic E-state index is 11.2. The first kappa shape index (κ1) is 13.1. The maximum atomic E-state index is 11.2. The van der Waals surface area contributed by atoms with E-state index in [-0.39, 0.29) is 5.69 Å². The molecule has 2 rings (SSSR count). The Morgan fingerprint density at radius 1 is 1.47 bits per heavy atom. The summed E-state index contributed by atoms with van der Waals surface area (Å²) in [5.74, 6) is 0.373. The van der Waals surface area contributed by atoms with Crippen LogP contribution in [0.3, 0.4) is 0 Å². The number of hydrogen-bond donors (Lipinski definition) is 1. The van der Waals surface area contributed by atoms with E-state index in [9.17, 15) is 10.1 Å². The average Bonchev–Trinajstić information content (AvgIpc) is 2.95. The van der Waals surface area contributed by atoms with Gasteiger partial charge in [-0.1, -0.05) is 6.92 Å². The normalized spacial score (nSPS) is 10.7. The molecule has 0 unspecified atom stereocenters. The van der Waals surface area contributed by atoms with Gasteiger partial charge in [-0.15, -0.1) is 0 Å². The lowest BCUT2D eigenvalue weighted by Gasteiger charge is -2.02. The van der Waals surface area contributed by atoms with Crippen molar-refractivity contribution in [2.24, 2.45) is 7.05 Å². The predicted octanol–water partition coefficient (Wildman–Crippen LogP) is 1.85. The summed E-state index contributed by atoms with van der Waals surface area (Å²) in [6.45, 7) is 4.56. The van der Waals surface area contributed by atoms with Crippen molar-refractivity contribution < 1.29 is 4.92 Å². The van der Waals surface area contributed by atoms with Crippen molar-refractivity contribution in [2.75, 3.05) is 5.32 Å². The standard InChI is InChI=1S/C11H16N6O2/c1-4-9-10(17(18)19)11(15(3)14-9)13-8-6-12-16(5-2)7-8/h6-7,13H,4-5H2,1-3H3. The van der Waals surface area contributed by atoms with Crippen LogP contribution in [0, 0.1) is 10.1 Å². The van der Waals surface area contributed by atoms with Gasteiger partial charge in [-0.2, -0.15) is 10.2 Å². The third-order valence-electron chi connectivity index (χ3n) is 2.83. The molecular weight excluding hydrogens is 248 g/mol. The van der Waals surface area contributed by atoms with Gasteiger partial charge in [0.25, 0.3) is 0 Å². The van der Waals surface area contributed by atoms with Crippen LogP contribution in [0.5, 0.6) is 0 Å². The van der Waals surface area contributed by atoms with E-state index >= 15 is 0 Å². The van der Waals surface area contributed by atoms with Crippen molar-refractivity contribution in [2.45, 2.75) is 26.8 Å².